The molecule has 0 unspecified atom stereocenters. The number of hydrogen-bond donors (Lipinski definition) is 1. The Labute approximate surface area is 141 Å². The first-order valence-electron chi connectivity index (χ1n) is 7.81. The molecule has 0 aromatic carbocycles. The van der Waals surface area contributed by atoms with E-state index in [4.69, 9.17) is 4.74 Å². The SMILES string of the molecule is CN=C(NCCCSc1nccs1)N(C)CCOCC1CC1. The van der Waals surface area contributed by atoms with Gasteiger partial charge in [-0.15, -0.1) is 11.3 Å². The van der Waals surface area contributed by atoms with E-state index >= 15 is 0 Å². The molecule has 0 amide bonds. The minimum Gasteiger partial charge on any atom is -0.379 e. The number of rotatable bonds is 10. The first-order chi connectivity index (χ1) is 10.8. The van der Waals surface area contributed by atoms with Gasteiger partial charge in [-0.3, -0.25) is 4.99 Å². The van der Waals surface area contributed by atoms with Crippen LogP contribution in [-0.4, -0.2) is 62.0 Å². The second-order valence-electron chi connectivity index (χ2n) is 5.41. The molecular weight excluding hydrogens is 316 g/mol. The molecule has 124 valence electrons. The number of ether oxygens (including phenoxy) is 1. The number of aliphatic imine (C=N–C) groups is 1. The van der Waals surface area contributed by atoms with Gasteiger partial charge in [0.25, 0.3) is 0 Å². The van der Waals surface area contributed by atoms with Crippen molar-refractivity contribution in [3.05, 3.63) is 11.6 Å². The molecule has 22 heavy (non-hydrogen) atoms. The fourth-order valence-electron chi connectivity index (χ4n) is 1.94. The summed E-state index contributed by atoms with van der Waals surface area (Å²) in [6, 6.07) is 0. The molecule has 1 heterocycles. The Morgan fingerprint density at radius 2 is 2.45 bits per heavy atom. The topological polar surface area (TPSA) is 49.8 Å². The molecule has 1 N–H and O–H groups in total. The number of nitrogens with one attached hydrogen (secondary N) is 1. The Kier molecular flexibility index (Phi) is 8.04. The van der Waals surface area contributed by atoms with Crippen molar-refractivity contribution in [2.75, 3.05) is 46.2 Å². The third kappa shape index (κ3) is 6.98. The van der Waals surface area contributed by atoms with E-state index in [-0.39, 0.29) is 0 Å². The lowest BCUT2D eigenvalue weighted by atomic mass is 10.4. The van der Waals surface area contributed by atoms with Gasteiger partial charge in [-0.05, 0) is 25.2 Å². The lowest BCUT2D eigenvalue weighted by molar-refractivity contribution is 0.115. The quantitative estimate of drug-likeness (QED) is 0.306. The van der Waals surface area contributed by atoms with Crippen LogP contribution in [-0.2, 0) is 4.74 Å². The van der Waals surface area contributed by atoms with Gasteiger partial charge in [-0.1, -0.05) is 11.8 Å². The highest BCUT2D eigenvalue weighted by molar-refractivity contribution is 8.00. The van der Waals surface area contributed by atoms with Gasteiger partial charge in [-0.25, -0.2) is 4.98 Å². The van der Waals surface area contributed by atoms with Gasteiger partial charge in [0.1, 0.15) is 4.34 Å². The van der Waals surface area contributed by atoms with E-state index in [0.717, 1.165) is 54.7 Å². The van der Waals surface area contributed by atoms with Crippen LogP contribution < -0.4 is 5.32 Å². The molecule has 5 nitrogen and oxygen atoms in total. The number of nitrogens with zero attached hydrogens (tertiary/aromatic N) is 3. The molecule has 1 fully saturated rings. The molecule has 0 saturated heterocycles. The fourth-order valence-corrected chi connectivity index (χ4v) is 3.59. The molecular formula is C15H26N4OS2. The standard InChI is InChI=1S/C15H26N4OS2/c1-16-14(19(2)8-9-20-12-13-4-5-13)17-6-3-10-21-15-18-7-11-22-15/h7,11,13H,3-6,8-10,12H2,1-2H3,(H,16,17). The van der Waals surface area contributed by atoms with Gasteiger partial charge < -0.3 is 15.0 Å². The van der Waals surface area contributed by atoms with E-state index < -0.39 is 0 Å². The number of thiazole rings is 1. The zero-order valence-electron chi connectivity index (χ0n) is 13.5. The van der Waals surface area contributed by atoms with Crippen LogP contribution in [0.25, 0.3) is 0 Å². The highest BCUT2D eigenvalue weighted by Gasteiger charge is 2.21. The Balaban J connectivity index is 1.51. The molecule has 1 aliphatic carbocycles. The van der Waals surface area contributed by atoms with Crippen molar-refractivity contribution in [3.63, 3.8) is 0 Å². The lowest BCUT2D eigenvalue weighted by Crippen LogP contribution is -2.41. The molecule has 0 spiro atoms. The van der Waals surface area contributed by atoms with E-state index in [1.165, 1.54) is 12.8 Å². The third-order valence-corrected chi connectivity index (χ3v) is 5.49. The zero-order valence-corrected chi connectivity index (χ0v) is 15.1. The van der Waals surface area contributed by atoms with Gasteiger partial charge in [0.2, 0.25) is 0 Å². The highest BCUT2D eigenvalue weighted by atomic mass is 32.2. The number of guanidine groups is 1. The molecule has 7 heteroatoms. The second kappa shape index (κ2) is 10.1. The zero-order chi connectivity index (χ0) is 15.6. The molecule has 2 rings (SSSR count). The average Bonchev–Trinajstić information content (AvgIpc) is 3.21. The van der Waals surface area contributed by atoms with Crippen LogP contribution in [0, 0.1) is 5.92 Å². The summed E-state index contributed by atoms with van der Waals surface area (Å²) in [7, 11) is 3.88. The maximum absolute atomic E-state index is 5.67. The molecule has 1 saturated carbocycles. The Bertz CT molecular complexity index is 435. The summed E-state index contributed by atoms with van der Waals surface area (Å²) in [4.78, 5) is 10.7. The summed E-state index contributed by atoms with van der Waals surface area (Å²) < 4.78 is 6.82. The summed E-state index contributed by atoms with van der Waals surface area (Å²) >= 11 is 3.51. The van der Waals surface area contributed by atoms with E-state index in [0.29, 0.717) is 0 Å². The summed E-state index contributed by atoms with van der Waals surface area (Å²) in [5.41, 5.74) is 0. The summed E-state index contributed by atoms with van der Waals surface area (Å²) in [5, 5.41) is 5.42. The molecule has 0 atom stereocenters. The van der Waals surface area contributed by atoms with Crippen LogP contribution in [0.1, 0.15) is 19.3 Å². The molecule has 1 aromatic rings. The van der Waals surface area contributed by atoms with Crippen LogP contribution >= 0.6 is 23.1 Å². The lowest BCUT2D eigenvalue weighted by Gasteiger charge is -2.22. The van der Waals surface area contributed by atoms with E-state index in [2.05, 4.69) is 27.2 Å². The van der Waals surface area contributed by atoms with Gasteiger partial charge >= 0.3 is 0 Å². The minimum atomic E-state index is 0.771. The van der Waals surface area contributed by atoms with Crippen molar-refractivity contribution < 1.29 is 4.74 Å². The minimum absolute atomic E-state index is 0.771. The monoisotopic (exact) mass is 342 g/mol. The maximum Gasteiger partial charge on any atom is 0.193 e. The normalized spacial score (nSPS) is 15.1. The van der Waals surface area contributed by atoms with E-state index in [9.17, 15) is 0 Å². The number of thioether (sulfide) groups is 1. The van der Waals surface area contributed by atoms with E-state index in [1.807, 2.05) is 30.4 Å². The van der Waals surface area contributed by atoms with Gasteiger partial charge in [-0.2, -0.15) is 0 Å². The Hall–Kier alpha value is -0.790. The summed E-state index contributed by atoms with van der Waals surface area (Å²) in [5.74, 6) is 2.85. The van der Waals surface area contributed by atoms with Crippen LogP contribution in [0.4, 0.5) is 0 Å². The molecule has 0 aliphatic heterocycles. The van der Waals surface area contributed by atoms with Crippen LogP contribution in [0.15, 0.2) is 20.9 Å². The van der Waals surface area contributed by atoms with Crippen molar-refractivity contribution in [3.8, 4) is 0 Å². The van der Waals surface area contributed by atoms with E-state index in [1.54, 1.807) is 11.3 Å². The van der Waals surface area contributed by atoms with Gasteiger partial charge in [0.05, 0.1) is 6.61 Å². The van der Waals surface area contributed by atoms with Crippen molar-refractivity contribution in [1.29, 1.82) is 0 Å². The summed E-state index contributed by atoms with van der Waals surface area (Å²) in [6.07, 6.45) is 5.64. The summed E-state index contributed by atoms with van der Waals surface area (Å²) in [6.45, 7) is 3.50. The third-order valence-electron chi connectivity index (χ3n) is 3.43. The first kappa shape index (κ1) is 17.6. The Morgan fingerprint density at radius 3 is 3.14 bits per heavy atom. The van der Waals surface area contributed by atoms with Gasteiger partial charge in [0.15, 0.2) is 5.96 Å². The number of hydrogen-bond acceptors (Lipinski definition) is 5. The molecule has 0 bridgehead atoms. The molecule has 1 aromatic heterocycles. The second-order valence-corrected chi connectivity index (χ2v) is 7.65. The fraction of sp³-hybridized carbons (Fsp3) is 0.733. The predicted octanol–water partition coefficient (Wildman–Crippen LogP) is 2.56. The van der Waals surface area contributed by atoms with Crippen molar-refractivity contribution >= 4 is 29.1 Å². The van der Waals surface area contributed by atoms with Crippen LogP contribution in [0.2, 0.25) is 0 Å². The highest BCUT2D eigenvalue weighted by Crippen LogP contribution is 2.28. The number of aromatic nitrogens is 1. The Morgan fingerprint density at radius 1 is 1.59 bits per heavy atom. The molecule has 0 radical (unpaired) electrons. The van der Waals surface area contributed by atoms with Crippen molar-refractivity contribution in [2.45, 2.75) is 23.6 Å². The predicted molar refractivity (Wildman–Crippen MR) is 95.0 cm³/mol. The average molecular weight is 343 g/mol. The largest absolute Gasteiger partial charge is 0.379 e. The maximum atomic E-state index is 5.67. The van der Waals surface area contributed by atoms with Crippen LogP contribution in [0.3, 0.4) is 0 Å². The van der Waals surface area contributed by atoms with Crippen molar-refractivity contribution in [2.24, 2.45) is 10.9 Å². The first-order valence-corrected chi connectivity index (χ1v) is 9.68. The molecule has 1 aliphatic rings. The smallest absolute Gasteiger partial charge is 0.193 e. The number of likely N-dealkylation sites (N-methyl/N-ethyl adjacent to an activating group) is 1. The van der Waals surface area contributed by atoms with Crippen molar-refractivity contribution in [1.82, 2.24) is 15.2 Å². The van der Waals surface area contributed by atoms with Crippen LogP contribution in [0.5, 0.6) is 0 Å². The van der Waals surface area contributed by atoms with Gasteiger partial charge in [0, 0.05) is 51.1 Å².